The van der Waals surface area contributed by atoms with E-state index in [1.807, 2.05) is 74.5 Å². The largest absolute Gasteiger partial charge is 0.493 e. The van der Waals surface area contributed by atoms with Crippen LogP contribution in [0.5, 0.6) is 5.75 Å². The highest BCUT2D eigenvalue weighted by molar-refractivity contribution is 6.02. The van der Waals surface area contributed by atoms with Gasteiger partial charge in [0.25, 0.3) is 5.91 Å². The molecule has 5 heteroatoms. The molecular weight excluding hydrogens is 340 g/mol. The maximum absolute atomic E-state index is 12.0. The lowest BCUT2D eigenvalue weighted by atomic mass is 10.0. The Kier molecular flexibility index (Phi) is 6.05. The molecule has 0 aliphatic carbocycles. The van der Waals surface area contributed by atoms with Crippen LogP contribution in [0.25, 0.3) is 10.8 Å². The number of carbonyl (C=O) groups excluding carboxylic acids is 1. The number of hydrogen-bond donors (Lipinski definition) is 1. The van der Waals surface area contributed by atoms with Gasteiger partial charge in [-0.1, -0.05) is 53.2 Å². The molecule has 0 bridgehead atoms. The lowest BCUT2D eigenvalue weighted by Gasteiger charge is -2.10. The van der Waals surface area contributed by atoms with Gasteiger partial charge in [0.15, 0.2) is 6.61 Å². The second-order valence-electron chi connectivity index (χ2n) is 6.05. The zero-order chi connectivity index (χ0) is 19.1. The fourth-order valence-electron chi connectivity index (χ4n) is 2.71. The number of fused-ring (bicyclic) bond motifs is 1. The van der Waals surface area contributed by atoms with Crippen molar-refractivity contribution in [3.8, 4) is 5.75 Å². The summed E-state index contributed by atoms with van der Waals surface area (Å²) in [4.78, 5) is 17.1. The highest BCUT2D eigenvalue weighted by Gasteiger charge is 2.07. The number of nitrogens with one attached hydrogen (secondary N) is 1. The molecule has 27 heavy (non-hydrogen) atoms. The van der Waals surface area contributed by atoms with Gasteiger partial charge in [-0.15, -0.1) is 0 Å². The van der Waals surface area contributed by atoms with Crippen molar-refractivity contribution in [1.29, 1.82) is 0 Å². The van der Waals surface area contributed by atoms with E-state index in [0.717, 1.165) is 33.3 Å². The molecule has 3 aromatic rings. The quantitative estimate of drug-likeness (QED) is 0.496. The number of benzene rings is 3. The van der Waals surface area contributed by atoms with Crippen molar-refractivity contribution in [2.24, 2.45) is 5.16 Å². The second-order valence-corrected chi connectivity index (χ2v) is 6.05. The molecule has 0 aliphatic rings. The fourth-order valence-corrected chi connectivity index (χ4v) is 2.71. The maximum atomic E-state index is 12.0. The zero-order valence-electron chi connectivity index (χ0n) is 15.4. The molecule has 3 rings (SSSR count). The fraction of sp³-hybridized carbons (Fsp3) is 0.182. The minimum atomic E-state index is -0.265. The third-order valence-corrected chi connectivity index (χ3v) is 4.02. The van der Waals surface area contributed by atoms with E-state index in [-0.39, 0.29) is 12.5 Å². The Bertz CT molecular complexity index is 949. The number of amides is 1. The van der Waals surface area contributed by atoms with Gasteiger partial charge in [0.1, 0.15) is 5.75 Å². The van der Waals surface area contributed by atoms with Gasteiger partial charge in [0.05, 0.1) is 12.8 Å². The van der Waals surface area contributed by atoms with E-state index in [2.05, 4.69) is 10.5 Å². The van der Waals surface area contributed by atoms with E-state index in [1.54, 1.807) is 6.21 Å². The summed E-state index contributed by atoms with van der Waals surface area (Å²) in [5, 5.41) is 8.83. The third-order valence-electron chi connectivity index (χ3n) is 4.02. The van der Waals surface area contributed by atoms with Crippen molar-refractivity contribution in [2.45, 2.75) is 13.8 Å². The lowest BCUT2D eigenvalue weighted by Crippen LogP contribution is -2.16. The van der Waals surface area contributed by atoms with Crippen molar-refractivity contribution in [3.63, 3.8) is 0 Å². The van der Waals surface area contributed by atoms with E-state index in [4.69, 9.17) is 9.57 Å². The monoisotopic (exact) mass is 362 g/mol. The first-order valence-electron chi connectivity index (χ1n) is 8.84. The molecule has 0 fully saturated rings. The SMILES string of the molecule is CCOc1ccc2ccccc2c1C=NOCC(=O)Nc1ccc(C)cc1. The van der Waals surface area contributed by atoms with Gasteiger partial charge in [-0.3, -0.25) is 4.79 Å². The van der Waals surface area contributed by atoms with Crippen molar-refractivity contribution in [2.75, 3.05) is 18.5 Å². The molecule has 0 aliphatic heterocycles. The van der Waals surface area contributed by atoms with Crippen LogP contribution >= 0.6 is 0 Å². The number of hydrogen-bond acceptors (Lipinski definition) is 4. The van der Waals surface area contributed by atoms with Gasteiger partial charge >= 0.3 is 0 Å². The van der Waals surface area contributed by atoms with Crippen LogP contribution in [0.2, 0.25) is 0 Å². The molecule has 1 N–H and O–H groups in total. The Morgan fingerprint density at radius 2 is 1.85 bits per heavy atom. The average Bonchev–Trinajstić information content (AvgIpc) is 2.68. The highest BCUT2D eigenvalue weighted by Crippen LogP contribution is 2.26. The first kappa shape index (κ1) is 18.5. The maximum Gasteiger partial charge on any atom is 0.265 e. The number of aryl methyl sites for hydroxylation is 1. The first-order chi connectivity index (χ1) is 13.2. The summed E-state index contributed by atoms with van der Waals surface area (Å²) in [6.07, 6.45) is 1.59. The molecule has 1 amide bonds. The number of ether oxygens (including phenoxy) is 1. The van der Waals surface area contributed by atoms with Gasteiger partial charge in [-0.2, -0.15) is 0 Å². The third kappa shape index (κ3) is 4.85. The minimum absolute atomic E-state index is 0.168. The normalized spacial score (nSPS) is 10.9. The molecule has 0 unspecified atom stereocenters. The summed E-state index contributed by atoms with van der Waals surface area (Å²) in [6, 6.07) is 19.5. The smallest absolute Gasteiger partial charge is 0.265 e. The van der Waals surface area contributed by atoms with Crippen LogP contribution < -0.4 is 10.1 Å². The van der Waals surface area contributed by atoms with Crippen LogP contribution in [0, 0.1) is 6.92 Å². The molecule has 0 atom stereocenters. The van der Waals surface area contributed by atoms with Gasteiger partial charge in [0.2, 0.25) is 0 Å². The van der Waals surface area contributed by atoms with Crippen LogP contribution in [0.15, 0.2) is 65.8 Å². The van der Waals surface area contributed by atoms with E-state index in [0.29, 0.717) is 6.61 Å². The Hall–Kier alpha value is -3.34. The highest BCUT2D eigenvalue weighted by atomic mass is 16.6. The average molecular weight is 362 g/mol. The molecule has 0 radical (unpaired) electrons. The van der Waals surface area contributed by atoms with Crippen LogP contribution in [-0.4, -0.2) is 25.3 Å². The molecule has 3 aromatic carbocycles. The number of nitrogens with zero attached hydrogens (tertiary/aromatic N) is 1. The Balaban J connectivity index is 1.66. The Morgan fingerprint density at radius 1 is 1.07 bits per heavy atom. The Labute approximate surface area is 158 Å². The van der Waals surface area contributed by atoms with Gasteiger partial charge in [0, 0.05) is 11.3 Å². The molecule has 138 valence electrons. The predicted octanol–water partition coefficient (Wildman–Crippen LogP) is 4.54. The second kappa shape index (κ2) is 8.85. The van der Waals surface area contributed by atoms with E-state index in [9.17, 15) is 4.79 Å². The molecule has 0 heterocycles. The van der Waals surface area contributed by atoms with Crippen molar-refractivity contribution in [1.82, 2.24) is 0 Å². The van der Waals surface area contributed by atoms with E-state index < -0.39 is 0 Å². The zero-order valence-corrected chi connectivity index (χ0v) is 15.4. The van der Waals surface area contributed by atoms with Gasteiger partial charge in [-0.05, 0) is 42.8 Å². The summed E-state index contributed by atoms with van der Waals surface area (Å²) < 4.78 is 5.69. The number of carbonyl (C=O) groups is 1. The standard InChI is InChI=1S/C22H22N2O3/c1-3-26-21-13-10-17-6-4-5-7-19(17)20(21)14-23-27-15-22(25)24-18-11-8-16(2)9-12-18/h4-14H,3,15H2,1-2H3,(H,24,25). The van der Waals surface area contributed by atoms with Crippen LogP contribution in [0.3, 0.4) is 0 Å². The molecule has 0 saturated carbocycles. The van der Waals surface area contributed by atoms with Crippen molar-refractivity contribution < 1.29 is 14.4 Å². The van der Waals surface area contributed by atoms with E-state index in [1.165, 1.54) is 0 Å². The van der Waals surface area contributed by atoms with Gasteiger partial charge < -0.3 is 14.9 Å². The van der Waals surface area contributed by atoms with Crippen LogP contribution in [0.1, 0.15) is 18.1 Å². The van der Waals surface area contributed by atoms with E-state index >= 15 is 0 Å². The summed E-state index contributed by atoms with van der Waals surface area (Å²) in [5.74, 6) is 0.464. The molecule has 0 saturated heterocycles. The summed E-state index contributed by atoms with van der Waals surface area (Å²) in [6.45, 7) is 4.31. The minimum Gasteiger partial charge on any atom is -0.493 e. The lowest BCUT2D eigenvalue weighted by molar-refractivity contribution is -0.120. The van der Waals surface area contributed by atoms with Crippen LogP contribution in [-0.2, 0) is 9.63 Å². The van der Waals surface area contributed by atoms with Crippen molar-refractivity contribution >= 4 is 28.6 Å². The number of oxime groups is 1. The molecule has 0 spiro atoms. The molecular formula is C22H22N2O3. The van der Waals surface area contributed by atoms with Crippen molar-refractivity contribution in [3.05, 3.63) is 71.8 Å². The topological polar surface area (TPSA) is 59.9 Å². The van der Waals surface area contributed by atoms with Crippen LogP contribution in [0.4, 0.5) is 5.69 Å². The van der Waals surface area contributed by atoms with Gasteiger partial charge in [-0.25, -0.2) is 0 Å². The number of rotatable bonds is 7. The predicted molar refractivity (Wildman–Crippen MR) is 108 cm³/mol. The Morgan fingerprint density at radius 3 is 2.63 bits per heavy atom. The molecule has 5 nitrogen and oxygen atoms in total. The summed E-state index contributed by atoms with van der Waals surface area (Å²) in [5.41, 5.74) is 2.69. The first-order valence-corrected chi connectivity index (χ1v) is 8.84. The molecule has 0 aromatic heterocycles. The summed E-state index contributed by atoms with van der Waals surface area (Å²) in [7, 11) is 0. The summed E-state index contributed by atoms with van der Waals surface area (Å²) >= 11 is 0. The number of anilines is 1.